The molecule has 1 atom stereocenters. The lowest BCUT2D eigenvalue weighted by Crippen LogP contribution is -2.41. The highest BCUT2D eigenvalue weighted by molar-refractivity contribution is 7.14. The maximum atomic E-state index is 12.3. The Morgan fingerprint density at radius 1 is 1.07 bits per heavy atom. The average Bonchev–Trinajstić information content (AvgIpc) is 3.40. The predicted molar refractivity (Wildman–Crippen MR) is 109 cm³/mol. The van der Waals surface area contributed by atoms with Crippen molar-refractivity contribution in [2.75, 3.05) is 5.32 Å². The summed E-state index contributed by atoms with van der Waals surface area (Å²) < 4.78 is 5.02. The molecule has 0 aliphatic rings. The molecule has 0 fully saturated rings. The van der Waals surface area contributed by atoms with Gasteiger partial charge in [0.1, 0.15) is 6.04 Å². The molecular formula is C21H17N3O3S. The molecule has 6 nitrogen and oxygen atoms in total. The monoisotopic (exact) mass is 391 g/mol. The van der Waals surface area contributed by atoms with Gasteiger partial charge in [-0.05, 0) is 35.9 Å². The van der Waals surface area contributed by atoms with Crippen molar-refractivity contribution in [3.63, 3.8) is 0 Å². The molecule has 0 saturated carbocycles. The molecule has 0 aliphatic heterocycles. The lowest BCUT2D eigenvalue weighted by atomic mass is 10.1. The number of thiazole rings is 1. The molecule has 2 aromatic heterocycles. The number of furan rings is 1. The second-order valence-corrected chi connectivity index (χ2v) is 7.12. The van der Waals surface area contributed by atoms with Crippen molar-refractivity contribution in [1.29, 1.82) is 0 Å². The van der Waals surface area contributed by atoms with Crippen molar-refractivity contribution < 1.29 is 14.0 Å². The predicted octanol–water partition coefficient (Wildman–Crippen LogP) is 4.31. The van der Waals surface area contributed by atoms with Crippen LogP contribution in [-0.4, -0.2) is 22.8 Å². The zero-order valence-corrected chi connectivity index (χ0v) is 15.8. The highest BCUT2D eigenvalue weighted by Crippen LogP contribution is 2.27. The van der Waals surface area contributed by atoms with E-state index in [1.807, 2.05) is 23.6 Å². The molecule has 2 amide bonds. The van der Waals surface area contributed by atoms with Crippen molar-refractivity contribution >= 4 is 39.1 Å². The first-order valence-corrected chi connectivity index (χ1v) is 9.58. The molecule has 0 spiro atoms. The number of aromatic nitrogens is 1. The van der Waals surface area contributed by atoms with Crippen LogP contribution >= 0.6 is 11.3 Å². The Morgan fingerprint density at radius 2 is 1.89 bits per heavy atom. The first kappa shape index (κ1) is 17.9. The molecule has 0 aliphatic carbocycles. The Morgan fingerprint density at radius 3 is 2.68 bits per heavy atom. The van der Waals surface area contributed by atoms with Crippen LogP contribution in [0.4, 0.5) is 5.13 Å². The third-order valence-electron chi connectivity index (χ3n) is 4.27. The van der Waals surface area contributed by atoms with E-state index in [1.165, 1.54) is 23.7 Å². The Hall–Kier alpha value is -3.45. The molecule has 2 heterocycles. The fourth-order valence-corrected chi connectivity index (χ4v) is 3.49. The van der Waals surface area contributed by atoms with Gasteiger partial charge in [-0.3, -0.25) is 9.59 Å². The number of carbonyl (C=O) groups excluding carboxylic acids is 2. The fourth-order valence-electron chi connectivity index (χ4n) is 2.77. The van der Waals surface area contributed by atoms with Crippen LogP contribution in [0, 0.1) is 0 Å². The fraction of sp³-hybridized carbons (Fsp3) is 0.0952. The highest BCUT2D eigenvalue weighted by Gasteiger charge is 2.19. The molecule has 2 aromatic carbocycles. The first-order valence-electron chi connectivity index (χ1n) is 8.70. The van der Waals surface area contributed by atoms with Crippen LogP contribution in [0.2, 0.25) is 0 Å². The van der Waals surface area contributed by atoms with Crippen LogP contribution in [0.15, 0.2) is 70.7 Å². The second-order valence-electron chi connectivity index (χ2n) is 6.26. The van der Waals surface area contributed by atoms with E-state index in [0.717, 1.165) is 22.0 Å². The van der Waals surface area contributed by atoms with Crippen molar-refractivity contribution in [2.24, 2.45) is 0 Å². The number of nitrogens with one attached hydrogen (secondary N) is 2. The number of amides is 2. The molecule has 4 aromatic rings. The van der Waals surface area contributed by atoms with Gasteiger partial charge >= 0.3 is 0 Å². The van der Waals surface area contributed by atoms with E-state index >= 15 is 0 Å². The number of nitrogens with zero attached hydrogens (tertiary/aromatic N) is 1. The summed E-state index contributed by atoms with van der Waals surface area (Å²) in [5.41, 5.74) is 1.77. The van der Waals surface area contributed by atoms with Crippen LogP contribution in [0.5, 0.6) is 0 Å². The zero-order valence-electron chi connectivity index (χ0n) is 15.0. The van der Waals surface area contributed by atoms with Crippen molar-refractivity contribution in [3.8, 4) is 11.3 Å². The maximum absolute atomic E-state index is 12.3. The molecular weight excluding hydrogens is 374 g/mol. The first-order chi connectivity index (χ1) is 13.6. The Balaban J connectivity index is 1.43. The number of hydrogen-bond donors (Lipinski definition) is 2. The number of fused-ring (bicyclic) bond motifs is 1. The number of rotatable bonds is 5. The third-order valence-corrected chi connectivity index (χ3v) is 5.02. The average molecular weight is 391 g/mol. The highest BCUT2D eigenvalue weighted by atomic mass is 32.1. The lowest BCUT2D eigenvalue weighted by Gasteiger charge is -2.11. The Labute approximate surface area is 165 Å². The molecule has 7 heteroatoms. The van der Waals surface area contributed by atoms with E-state index < -0.39 is 11.9 Å². The summed E-state index contributed by atoms with van der Waals surface area (Å²) in [6.07, 6.45) is 1.41. The second kappa shape index (κ2) is 7.66. The Bertz CT molecular complexity index is 1130. The van der Waals surface area contributed by atoms with Gasteiger partial charge in [0.25, 0.3) is 5.91 Å². The molecule has 140 valence electrons. The number of benzene rings is 2. The third kappa shape index (κ3) is 3.79. The van der Waals surface area contributed by atoms with Crippen molar-refractivity contribution in [1.82, 2.24) is 10.3 Å². The summed E-state index contributed by atoms with van der Waals surface area (Å²) in [7, 11) is 0. The minimum absolute atomic E-state index is 0.160. The summed E-state index contributed by atoms with van der Waals surface area (Å²) >= 11 is 1.34. The topological polar surface area (TPSA) is 84.2 Å². The number of anilines is 1. The quantitative estimate of drug-likeness (QED) is 0.531. The van der Waals surface area contributed by atoms with Gasteiger partial charge in [-0.2, -0.15) is 0 Å². The van der Waals surface area contributed by atoms with Gasteiger partial charge in [0.2, 0.25) is 5.91 Å². The summed E-state index contributed by atoms with van der Waals surface area (Å²) in [5, 5.41) is 10.0. The van der Waals surface area contributed by atoms with Gasteiger partial charge in [0.15, 0.2) is 10.9 Å². The molecule has 0 unspecified atom stereocenters. The van der Waals surface area contributed by atoms with Gasteiger partial charge in [0, 0.05) is 10.9 Å². The minimum Gasteiger partial charge on any atom is -0.459 e. The van der Waals surface area contributed by atoms with Crippen LogP contribution in [-0.2, 0) is 4.79 Å². The van der Waals surface area contributed by atoms with Crippen molar-refractivity contribution in [3.05, 3.63) is 72.0 Å². The molecule has 28 heavy (non-hydrogen) atoms. The molecule has 4 rings (SSSR count). The normalized spacial score (nSPS) is 11.9. The maximum Gasteiger partial charge on any atom is 0.287 e. The molecule has 0 bridgehead atoms. The molecule has 0 saturated heterocycles. The van der Waals surface area contributed by atoms with Gasteiger partial charge in [0.05, 0.1) is 12.0 Å². The standard InChI is InChI=1S/C21H17N3O3S/c1-13(22-20(26)18-7-4-10-27-18)19(25)24-21-23-17(12-28-21)16-9-8-14-5-2-3-6-15(14)11-16/h2-13H,1H3,(H,22,26)(H,23,24,25)/t13-/m1/s1. The summed E-state index contributed by atoms with van der Waals surface area (Å²) in [5.74, 6) is -0.629. The van der Waals surface area contributed by atoms with E-state index in [4.69, 9.17) is 4.42 Å². The SMILES string of the molecule is C[C@@H](NC(=O)c1ccco1)C(=O)Nc1nc(-c2ccc3ccccc3c2)cs1. The van der Waals surface area contributed by atoms with Gasteiger partial charge in [-0.1, -0.05) is 36.4 Å². The molecule has 2 N–H and O–H groups in total. The summed E-state index contributed by atoms with van der Waals surface area (Å²) in [4.78, 5) is 28.8. The largest absolute Gasteiger partial charge is 0.459 e. The van der Waals surface area contributed by atoms with Gasteiger partial charge < -0.3 is 15.1 Å². The number of carbonyl (C=O) groups is 2. The van der Waals surface area contributed by atoms with Crippen LogP contribution in [0.3, 0.4) is 0 Å². The van der Waals surface area contributed by atoms with E-state index in [9.17, 15) is 9.59 Å². The molecule has 0 radical (unpaired) electrons. The van der Waals surface area contributed by atoms with Gasteiger partial charge in [-0.25, -0.2) is 4.98 Å². The summed E-state index contributed by atoms with van der Waals surface area (Å²) in [6.45, 7) is 1.61. The van der Waals surface area contributed by atoms with E-state index in [1.54, 1.807) is 13.0 Å². The zero-order chi connectivity index (χ0) is 19.5. The van der Waals surface area contributed by atoms with E-state index in [2.05, 4.69) is 39.9 Å². The van der Waals surface area contributed by atoms with E-state index in [0.29, 0.717) is 5.13 Å². The van der Waals surface area contributed by atoms with E-state index in [-0.39, 0.29) is 11.7 Å². The lowest BCUT2D eigenvalue weighted by molar-refractivity contribution is -0.117. The number of hydrogen-bond acceptors (Lipinski definition) is 5. The minimum atomic E-state index is -0.731. The van der Waals surface area contributed by atoms with Crippen LogP contribution < -0.4 is 10.6 Å². The van der Waals surface area contributed by atoms with Crippen LogP contribution in [0.25, 0.3) is 22.0 Å². The smallest absolute Gasteiger partial charge is 0.287 e. The van der Waals surface area contributed by atoms with Crippen molar-refractivity contribution in [2.45, 2.75) is 13.0 Å². The Kier molecular flexibility index (Phi) is 4.90. The summed E-state index contributed by atoms with van der Waals surface area (Å²) in [6, 6.07) is 16.7. The van der Waals surface area contributed by atoms with Gasteiger partial charge in [-0.15, -0.1) is 11.3 Å². The van der Waals surface area contributed by atoms with Crippen LogP contribution in [0.1, 0.15) is 17.5 Å².